The van der Waals surface area contributed by atoms with Crippen molar-refractivity contribution in [2.24, 2.45) is 0 Å². The van der Waals surface area contributed by atoms with Crippen LogP contribution in [-0.2, 0) is 19.1 Å². The van der Waals surface area contributed by atoms with Gasteiger partial charge in [0.15, 0.2) is 0 Å². The highest BCUT2D eigenvalue weighted by Gasteiger charge is 2.19. The fraction of sp³-hybridized carbons (Fsp3) is 0.545. The van der Waals surface area contributed by atoms with Crippen LogP contribution in [0.5, 0.6) is 0 Å². The van der Waals surface area contributed by atoms with Gasteiger partial charge in [-0.15, -0.1) is 0 Å². The summed E-state index contributed by atoms with van der Waals surface area (Å²) >= 11 is 0. The Labute approximate surface area is 185 Å². The second-order valence-corrected chi connectivity index (χ2v) is 7.94. The van der Waals surface area contributed by atoms with Gasteiger partial charge < -0.3 is 14.8 Å². The number of carbonyl (C=O) groups excluding carboxylic acids is 4. The summed E-state index contributed by atoms with van der Waals surface area (Å²) in [5, 5.41) is 2.33. The van der Waals surface area contributed by atoms with E-state index in [-0.39, 0.29) is 18.4 Å². The number of hydrogen-bond donors (Lipinski definition) is 3. The number of amides is 3. The summed E-state index contributed by atoms with van der Waals surface area (Å²) in [6.07, 6.45) is -0.627. The summed E-state index contributed by atoms with van der Waals surface area (Å²) in [5.74, 6) is -1.11. The SMILES string of the molecule is CC.CC(=O)NNC(=O)c1ccccc1.CC(C)(C)OC(=O)CNC(=O)OC(C)(C)C. The van der Waals surface area contributed by atoms with Gasteiger partial charge in [-0.1, -0.05) is 32.0 Å². The summed E-state index contributed by atoms with van der Waals surface area (Å²) < 4.78 is 9.97. The van der Waals surface area contributed by atoms with E-state index >= 15 is 0 Å². The Morgan fingerprint density at radius 1 is 0.806 bits per heavy atom. The monoisotopic (exact) mass is 439 g/mol. The van der Waals surface area contributed by atoms with E-state index in [0.29, 0.717) is 5.56 Å². The van der Waals surface area contributed by atoms with Gasteiger partial charge in [-0.3, -0.25) is 25.2 Å². The van der Waals surface area contributed by atoms with Crippen LogP contribution in [0.15, 0.2) is 30.3 Å². The molecule has 3 amide bonds. The molecule has 9 nitrogen and oxygen atoms in total. The topological polar surface area (TPSA) is 123 Å². The third kappa shape index (κ3) is 20.0. The third-order valence-electron chi connectivity index (χ3n) is 2.58. The maximum atomic E-state index is 11.2. The van der Waals surface area contributed by atoms with Gasteiger partial charge in [-0.2, -0.15) is 0 Å². The van der Waals surface area contributed by atoms with Gasteiger partial charge in [0.05, 0.1) is 0 Å². The van der Waals surface area contributed by atoms with Crippen LogP contribution >= 0.6 is 0 Å². The van der Waals surface area contributed by atoms with Crippen molar-refractivity contribution in [3.8, 4) is 0 Å². The first-order valence-electron chi connectivity index (χ1n) is 10.0. The van der Waals surface area contributed by atoms with Crippen LogP contribution in [0.25, 0.3) is 0 Å². The van der Waals surface area contributed by atoms with Crippen LogP contribution in [0, 0.1) is 0 Å². The lowest BCUT2D eigenvalue weighted by molar-refractivity contribution is -0.153. The smallest absolute Gasteiger partial charge is 0.408 e. The van der Waals surface area contributed by atoms with E-state index in [1.807, 2.05) is 19.9 Å². The number of hydrazine groups is 1. The fourth-order valence-electron chi connectivity index (χ4n) is 1.64. The first-order chi connectivity index (χ1) is 14.2. The molecule has 176 valence electrons. The maximum Gasteiger partial charge on any atom is 0.408 e. The second kappa shape index (κ2) is 14.8. The van der Waals surface area contributed by atoms with E-state index in [1.165, 1.54) is 6.92 Å². The lowest BCUT2D eigenvalue weighted by Crippen LogP contribution is -2.40. The number of hydrogen-bond acceptors (Lipinski definition) is 6. The zero-order valence-electron chi connectivity index (χ0n) is 20.0. The molecule has 0 unspecified atom stereocenters. The highest BCUT2D eigenvalue weighted by molar-refractivity contribution is 5.95. The van der Waals surface area contributed by atoms with Crippen molar-refractivity contribution < 1.29 is 28.7 Å². The molecule has 0 spiro atoms. The Bertz CT molecular complexity index is 663. The van der Waals surface area contributed by atoms with Crippen molar-refractivity contribution in [2.75, 3.05) is 6.54 Å². The number of esters is 1. The molecule has 0 radical (unpaired) electrons. The van der Waals surface area contributed by atoms with Crippen molar-refractivity contribution in [3.05, 3.63) is 35.9 Å². The Balaban J connectivity index is 0. The molecule has 1 aromatic rings. The molecule has 0 aliphatic heterocycles. The summed E-state index contributed by atoms with van der Waals surface area (Å²) in [6.45, 7) is 15.7. The molecule has 0 aromatic heterocycles. The van der Waals surface area contributed by atoms with Gasteiger partial charge in [-0.05, 0) is 53.7 Å². The van der Waals surface area contributed by atoms with Gasteiger partial charge >= 0.3 is 12.1 Å². The van der Waals surface area contributed by atoms with Crippen LogP contribution in [0.2, 0.25) is 0 Å². The number of nitrogens with one attached hydrogen (secondary N) is 3. The molecule has 0 fully saturated rings. The average Bonchev–Trinajstić information content (AvgIpc) is 2.64. The minimum absolute atomic E-state index is 0.188. The molecule has 0 heterocycles. The zero-order chi connectivity index (χ0) is 24.7. The number of ether oxygens (including phenoxy) is 2. The summed E-state index contributed by atoms with van der Waals surface area (Å²) in [7, 11) is 0. The van der Waals surface area contributed by atoms with E-state index in [1.54, 1.807) is 65.8 Å². The highest BCUT2D eigenvalue weighted by atomic mass is 16.6. The quantitative estimate of drug-likeness (QED) is 0.490. The molecular weight excluding hydrogens is 402 g/mol. The van der Waals surface area contributed by atoms with Gasteiger partial charge in [0.25, 0.3) is 5.91 Å². The third-order valence-corrected chi connectivity index (χ3v) is 2.58. The van der Waals surface area contributed by atoms with Gasteiger partial charge in [0, 0.05) is 12.5 Å². The first-order valence-corrected chi connectivity index (χ1v) is 10.0. The minimum Gasteiger partial charge on any atom is -0.459 e. The van der Waals surface area contributed by atoms with E-state index in [2.05, 4.69) is 16.2 Å². The number of rotatable bonds is 3. The molecule has 0 saturated carbocycles. The molecule has 0 atom stereocenters. The van der Waals surface area contributed by atoms with Gasteiger partial charge in [-0.25, -0.2) is 4.79 Å². The summed E-state index contributed by atoms with van der Waals surface area (Å²) in [4.78, 5) is 44.1. The minimum atomic E-state index is -0.627. The number of carbonyl (C=O) groups is 4. The maximum absolute atomic E-state index is 11.2. The van der Waals surface area contributed by atoms with Crippen molar-refractivity contribution in [1.29, 1.82) is 0 Å². The molecule has 1 rings (SSSR count). The van der Waals surface area contributed by atoms with E-state index in [9.17, 15) is 19.2 Å². The highest BCUT2D eigenvalue weighted by Crippen LogP contribution is 2.07. The van der Waals surface area contributed by atoms with E-state index in [0.717, 1.165) is 0 Å². The van der Waals surface area contributed by atoms with Gasteiger partial charge in [0.2, 0.25) is 5.91 Å². The predicted molar refractivity (Wildman–Crippen MR) is 119 cm³/mol. The molecule has 31 heavy (non-hydrogen) atoms. The molecule has 9 heteroatoms. The number of benzene rings is 1. The van der Waals surface area contributed by atoms with Crippen LogP contribution in [0.3, 0.4) is 0 Å². The first kappa shape index (κ1) is 30.1. The Kier molecular flexibility index (Phi) is 14.4. The molecule has 0 saturated heterocycles. The van der Waals surface area contributed by atoms with E-state index in [4.69, 9.17) is 9.47 Å². The van der Waals surface area contributed by atoms with Crippen molar-refractivity contribution in [2.45, 2.75) is 73.5 Å². The average molecular weight is 440 g/mol. The Morgan fingerprint density at radius 3 is 1.71 bits per heavy atom. The molecule has 0 aliphatic carbocycles. The largest absolute Gasteiger partial charge is 0.459 e. The Morgan fingerprint density at radius 2 is 1.29 bits per heavy atom. The standard InChI is InChI=1S/C11H21NO4.C9H10N2O2.C2H6/c1-10(2,3)15-8(13)7-12-9(14)16-11(4,5)6;1-7(12)10-11-9(13)8-5-3-2-4-6-8;1-2/h7H2,1-6H3,(H,12,14);2-6H,1H3,(H,10,12)(H,11,13);1-2H3. The van der Waals surface area contributed by atoms with Crippen molar-refractivity contribution in [3.63, 3.8) is 0 Å². The van der Waals surface area contributed by atoms with Gasteiger partial charge in [0.1, 0.15) is 17.7 Å². The molecule has 0 aliphatic rings. The molecule has 0 bridgehead atoms. The van der Waals surface area contributed by atoms with Crippen LogP contribution in [0.4, 0.5) is 4.79 Å². The molecular formula is C22H37N3O6. The van der Waals surface area contributed by atoms with Crippen molar-refractivity contribution >= 4 is 23.9 Å². The van der Waals surface area contributed by atoms with Crippen LogP contribution in [0.1, 0.15) is 72.7 Å². The van der Waals surface area contributed by atoms with Crippen LogP contribution in [-0.4, -0.2) is 41.6 Å². The Hall–Kier alpha value is -3.10. The number of alkyl carbamates (subject to hydrolysis) is 1. The summed E-state index contributed by atoms with van der Waals surface area (Å²) in [6, 6.07) is 8.65. The zero-order valence-corrected chi connectivity index (χ0v) is 20.0. The summed E-state index contributed by atoms with van der Waals surface area (Å²) in [5.41, 5.74) is 3.86. The normalized spacial score (nSPS) is 10.1. The van der Waals surface area contributed by atoms with E-state index < -0.39 is 23.3 Å². The lowest BCUT2D eigenvalue weighted by atomic mass is 10.2. The predicted octanol–water partition coefficient (Wildman–Crippen LogP) is 3.35. The second-order valence-electron chi connectivity index (χ2n) is 7.94. The van der Waals surface area contributed by atoms with Crippen LogP contribution < -0.4 is 16.2 Å². The fourth-order valence-corrected chi connectivity index (χ4v) is 1.64. The lowest BCUT2D eigenvalue weighted by Gasteiger charge is -2.21. The van der Waals surface area contributed by atoms with Crippen molar-refractivity contribution in [1.82, 2.24) is 16.2 Å². The molecule has 1 aromatic carbocycles. The molecule has 3 N–H and O–H groups in total.